The predicted octanol–water partition coefficient (Wildman–Crippen LogP) is 2.60. The largest absolute Gasteiger partial charge is 0.324 e. The van der Waals surface area contributed by atoms with Gasteiger partial charge in [-0.25, -0.2) is 8.42 Å². The van der Waals surface area contributed by atoms with E-state index in [0.29, 0.717) is 15.7 Å². The normalized spacial score (nSPS) is 11.9. The molecule has 0 unspecified atom stereocenters. The second kappa shape index (κ2) is 6.76. The fourth-order valence-corrected chi connectivity index (χ4v) is 3.06. The Balaban J connectivity index is 2.84. The average Bonchev–Trinajstić information content (AvgIpc) is 2.29. The Morgan fingerprint density at radius 1 is 1.35 bits per heavy atom. The molecule has 0 bridgehead atoms. The molecule has 0 atom stereocenters. The third-order valence-corrected chi connectivity index (χ3v) is 4.47. The summed E-state index contributed by atoms with van der Waals surface area (Å²) in [6, 6.07) is 4.33. The smallest absolute Gasteiger partial charge is 0.239 e. The Labute approximate surface area is 128 Å². The first-order chi connectivity index (χ1) is 9.11. The predicted molar refractivity (Wildman–Crippen MR) is 81.8 cm³/mol. The van der Waals surface area contributed by atoms with Gasteiger partial charge in [0.1, 0.15) is 0 Å². The van der Waals surface area contributed by atoms with Crippen molar-refractivity contribution in [2.24, 2.45) is 0 Å². The molecule has 0 aliphatic carbocycles. The van der Waals surface area contributed by atoms with Crippen molar-refractivity contribution in [3.05, 3.63) is 28.2 Å². The van der Waals surface area contributed by atoms with Gasteiger partial charge in [0.05, 0.1) is 23.5 Å². The molecule has 1 N–H and O–H groups in total. The fraction of sp³-hybridized carbons (Fsp3) is 0.417. The highest BCUT2D eigenvalue weighted by molar-refractivity contribution is 7.88. The number of nitrogens with zero attached hydrogens (tertiary/aromatic N) is 1. The van der Waals surface area contributed by atoms with Crippen LogP contribution in [0.5, 0.6) is 0 Å². The minimum Gasteiger partial charge on any atom is -0.324 e. The highest BCUT2D eigenvalue weighted by Gasteiger charge is 2.23. The molecule has 0 fully saturated rings. The van der Waals surface area contributed by atoms with Gasteiger partial charge < -0.3 is 5.32 Å². The Kier molecular flexibility index (Phi) is 5.82. The fourth-order valence-electron chi connectivity index (χ4n) is 1.61. The SMILES string of the molecule is CC(C)N(CC(=O)Nc1cc(Cl)ccc1Cl)S(C)(=O)=O. The summed E-state index contributed by atoms with van der Waals surface area (Å²) in [7, 11) is -3.46. The highest BCUT2D eigenvalue weighted by atomic mass is 35.5. The molecule has 1 aromatic carbocycles. The number of anilines is 1. The van der Waals surface area contributed by atoms with E-state index < -0.39 is 15.9 Å². The van der Waals surface area contributed by atoms with Crippen molar-refractivity contribution < 1.29 is 13.2 Å². The Bertz CT molecular complexity index is 603. The molecule has 0 saturated carbocycles. The molecule has 0 radical (unpaired) electrons. The zero-order chi connectivity index (χ0) is 15.5. The first kappa shape index (κ1) is 17.2. The van der Waals surface area contributed by atoms with Crippen LogP contribution in [0, 0.1) is 0 Å². The zero-order valence-electron chi connectivity index (χ0n) is 11.4. The average molecular weight is 339 g/mol. The number of carbonyl (C=O) groups excluding carboxylic acids is 1. The lowest BCUT2D eigenvalue weighted by Crippen LogP contribution is -2.41. The summed E-state index contributed by atoms with van der Waals surface area (Å²) in [5.74, 6) is -0.478. The van der Waals surface area contributed by atoms with Crippen LogP contribution in [-0.4, -0.2) is 37.5 Å². The van der Waals surface area contributed by atoms with Crippen LogP contribution < -0.4 is 5.32 Å². The molecule has 20 heavy (non-hydrogen) atoms. The second-order valence-corrected chi connectivity index (χ2v) is 7.35. The topological polar surface area (TPSA) is 66.5 Å². The quantitative estimate of drug-likeness (QED) is 0.897. The molecule has 0 heterocycles. The maximum absolute atomic E-state index is 11.9. The molecule has 112 valence electrons. The molecule has 1 amide bonds. The van der Waals surface area contributed by atoms with Crippen molar-refractivity contribution in [1.82, 2.24) is 4.31 Å². The number of carbonyl (C=O) groups is 1. The number of amides is 1. The van der Waals surface area contributed by atoms with Gasteiger partial charge in [0.2, 0.25) is 15.9 Å². The van der Waals surface area contributed by atoms with Crippen LogP contribution >= 0.6 is 23.2 Å². The first-order valence-electron chi connectivity index (χ1n) is 5.83. The molecule has 1 aromatic rings. The lowest BCUT2D eigenvalue weighted by atomic mass is 10.3. The van der Waals surface area contributed by atoms with Crippen LogP contribution in [0.2, 0.25) is 10.0 Å². The third kappa shape index (κ3) is 4.94. The first-order valence-corrected chi connectivity index (χ1v) is 8.43. The minimum absolute atomic E-state index is 0.278. The minimum atomic E-state index is -3.46. The van der Waals surface area contributed by atoms with Gasteiger partial charge in [-0.05, 0) is 32.0 Å². The number of benzene rings is 1. The number of hydrogen-bond donors (Lipinski definition) is 1. The van der Waals surface area contributed by atoms with E-state index in [1.165, 1.54) is 6.07 Å². The van der Waals surface area contributed by atoms with Gasteiger partial charge in [0.15, 0.2) is 0 Å². The van der Waals surface area contributed by atoms with E-state index in [2.05, 4.69) is 5.32 Å². The van der Waals surface area contributed by atoms with Crippen LogP contribution in [0.3, 0.4) is 0 Å². The lowest BCUT2D eigenvalue weighted by Gasteiger charge is -2.23. The second-order valence-electron chi connectivity index (χ2n) is 4.57. The van der Waals surface area contributed by atoms with Crippen LogP contribution in [0.4, 0.5) is 5.69 Å². The summed E-state index contributed by atoms with van der Waals surface area (Å²) in [4.78, 5) is 11.9. The highest BCUT2D eigenvalue weighted by Crippen LogP contribution is 2.25. The Hall–Kier alpha value is -0.820. The van der Waals surface area contributed by atoms with Gasteiger partial charge in [-0.2, -0.15) is 4.31 Å². The molecular formula is C12H16Cl2N2O3S. The maximum atomic E-state index is 11.9. The number of sulfonamides is 1. The number of halogens is 2. The van der Waals surface area contributed by atoms with E-state index in [1.807, 2.05) is 0 Å². The van der Waals surface area contributed by atoms with Crippen molar-refractivity contribution in [2.75, 3.05) is 18.1 Å². The summed E-state index contributed by atoms with van der Waals surface area (Å²) < 4.78 is 24.3. The molecule has 0 aliphatic rings. The summed E-state index contributed by atoms with van der Waals surface area (Å²) in [5.41, 5.74) is 0.348. The van der Waals surface area contributed by atoms with E-state index >= 15 is 0 Å². The van der Waals surface area contributed by atoms with Crippen LogP contribution in [0.15, 0.2) is 18.2 Å². The van der Waals surface area contributed by atoms with Gasteiger partial charge in [-0.15, -0.1) is 0 Å². The van der Waals surface area contributed by atoms with Crippen molar-refractivity contribution in [2.45, 2.75) is 19.9 Å². The van der Waals surface area contributed by atoms with Gasteiger partial charge in [0, 0.05) is 11.1 Å². The number of nitrogens with one attached hydrogen (secondary N) is 1. The van der Waals surface area contributed by atoms with Crippen molar-refractivity contribution in [3.63, 3.8) is 0 Å². The molecule has 1 rings (SSSR count). The van der Waals surface area contributed by atoms with E-state index in [9.17, 15) is 13.2 Å². The van der Waals surface area contributed by atoms with Crippen molar-refractivity contribution in [3.8, 4) is 0 Å². The van der Waals surface area contributed by atoms with Gasteiger partial charge in [-0.1, -0.05) is 23.2 Å². The van der Waals surface area contributed by atoms with Crippen LogP contribution in [0.25, 0.3) is 0 Å². The van der Waals surface area contributed by atoms with E-state index in [0.717, 1.165) is 10.6 Å². The third-order valence-electron chi connectivity index (χ3n) is 2.50. The molecule has 0 aliphatic heterocycles. The zero-order valence-corrected chi connectivity index (χ0v) is 13.7. The summed E-state index contributed by atoms with van der Waals surface area (Å²) in [5, 5.41) is 3.30. The van der Waals surface area contributed by atoms with Crippen LogP contribution in [-0.2, 0) is 14.8 Å². The van der Waals surface area contributed by atoms with Gasteiger partial charge >= 0.3 is 0 Å². The summed E-state index contributed by atoms with van der Waals surface area (Å²) >= 11 is 11.7. The molecule has 8 heteroatoms. The molecule has 0 saturated heterocycles. The van der Waals surface area contributed by atoms with E-state index in [1.54, 1.807) is 26.0 Å². The van der Waals surface area contributed by atoms with E-state index in [4.69, 9.17) is 23.2 Å². The molecule has 0 spiro atoms. The maximum Gasteiger partial charge on any atom is 0.239 e. The van der Waals surface area contributed by atoms with E-state index in [-0.39, 0.29) is 12.6 Å². The van der Waals surface area contributed by atoms with Gasteiger partial charge in [-0.3, -0.25) is 4.79 Å². The summed E-state index contributed by atoms with van der Waals surface area (Å²) in [6.45, 7) is 3.11. The van der Waals surface area contributed by atoms with Gasteiger partial charge in [0.25, 0.3) is 0 Å². The Morgan fingerprint density at radius 3 is 2.45 bits per heavy atom. The van der Waals surface area contributed by atoms with Crippen molar-refractivity contribution in [1.29, 1.82) is 0 Å². The molecule has 5 nitrogen and oxygen atoms in total. The standard InChI is InChI=1S/C12H16Cl2N2O3S/c1-8(2)16(20(3,18)19)7-12(17)15-11-6-9(13)4-5-10(11)14/h4-6,8H,7H2,1-3H3,(H,15,17). The number of hydrogen-bond acceptors (Lipinski definition) is 3. The lowest BCUT2D eigenvalue weighted by molar-refractivity contribution is -0.116. The van der Waals surface area contributed by atoms with Crippen LogP contribution in [0.1, 0.15) is 13.8 Å². The number of rotatable bonds is 5. The molecular weight excluding hydrogens is 323 g/mol. The Morgan fingerprint density at radius 2 is 1.95 bits per heavy atom. The monoisotopic (exact) mass is 338 g/mol. The summed E-state index contributed by atoms with van der Waals surface area (Å²) in [6.07, 6.45) is 1.06. The van der Waals surface area contributed by atoms with Crippen molar-refractivity contribution >= 4 is 44.8 Å². The molecule has 0 aromatic heterocycles.